The topological polar surface area (TPSA) is 97.6 Å². The van der Waals surface area contributed by atoms with E-state index in [-0.39, 0.29) is 16.1 Å². The Bertz CT molecular complexity index is 1470. The van der Waals surface area contributed by atoms with Crippen molar-refractivity contribution in [3.05, 3.63) is 86.8 Å². The van der Waals surface area contributed by atoms with Gasteiger partial charge < -0.3 is 4.42 Å². The van der Waals surface area contributed by atoms with E-state index in [1.807, 2.05) is 13.8 Å². The Morgan fingerprint density at radius 2 is 1.77 bits per heavy atom. The van der Waals surface area contributed by atoms with Gasteiger partial charge in [-0.05, 0) is 73.9 Å². The monoisotopic (exact) mass is 454 g/mol. The quantitative estimate of drug-likeness (QED) is 0.458. The van der Waals surface area contributed by atoms with Crippen LogP contribution in [0.5, 0.6) is 0 Å². The summed E-state index contributed by atoms with van der Waals surface area (Å²) >= 11 is 0.838. The van der Waals surface area contributed by atoms with E-state index in [9.17, 15) is 18.0 Å². The molecule has 0 radical (unpaired) electrons. The number of carbonyl (C=O) groups is 1. The van der Waals surface area contributed by atoms with Gasteiger partial charge in [-0.2, -0.15) is 4.31 Å². The van der Waals surface area contributed by atoms with Gasteiger partial charge in [-0.1, -0.05) is 17.4 Å². The fourth-order valence-corrected chi connectivity index (χ4v) is 5.67. The molecule has 158 valence electrons. The van der Waals surface area contributed by atoms with Gasteiger partial charge in [-0.3, -0.25) is 9.78 Å². The van der Waals surface area contributed by atoms with Crippen LogP contribution >= 0.6 is 11.3 Å². The number of benzene rings is 2. The average Bonchev–Trinajstić information content (AvgIpc) is 3.10. The summed E-state index contributed by atoms with van der Waals surface area (Å²) in [5, 5.41) is 0. The van der Waals surface area contributed by atoms with Crippen LogP contribution in [0, 0.1) is 20.8 Å². The number of carbonyl (C=O) groups excluding carboxylic acids is 1. The van der Waals surface area contributed by atoms with E-state index in [1.165, 1.54) is 36.7 Å². The van der Waals surface area contributed by atoms with Crippen LogP contribution in [0.15, 0.2) is 69.0 Å². The molecule has 7 nitrogen and oxygen atoms in total. The number of hydrogen-bond acceptors (Lipinski definition) is 7. The molecule has 4 rings (SSSR count). The minimum atomic E-state index is -4.28. The second-order valence-electron chi connectivity index (χ2n) is 7.10. The lowest BCUT2D eigenvalue weighted by Gasteiger charge is -2.24. The Hall–Kier alpha value is -3.30. The second-order valence-corrected chi connectivity index (χ2v) is 9.84. The second kappa shape index (κ2) is 7.75. The maximum absolute atomic E-state index is 13.8. The number of hydrogen-bond donors (Lipinski definition) is 0. The van der Waals surface area contributed by atoms with Gasteiger partial charge in [0.2, 0.25) is 0 Å². The minimum Gasteiger partial charge on any atom is -0.414 e. The van der Waals surface area contributed by atoms with Gasteiger partial charge in [0.1, 0.15) is 5.58 Å². The van der Waals surface area contributed by atoms with Gasteiger partial charge >= 0.3 is 4.94 Å². The normalized spacial score (nSPS) is 11.6. The van der Waals surface area contributed by atoms with Crippen LogP contribution in [0.2, 0.25) is 0 Å². The third-order valence-electron chi connectivity index (χ3n) is 4.95. The van der Waals surface area contributed by atoms with Crippen LogP contribution in [0.4, 0.5) is 5.69 Å². The smallest absolute Gasteiger partial charge is 0.396 e. The molecule has 0 bridgehead atoms. The molecule has 0 spiro atoms. The van der Waals surface area contributed by atoms with Crippen molar-refractivity contribution >= 4 is 43.2 Å². The Kier molecular flexibility index (Phi) is 5.24. The number of amides is 1. The Balaban J connectivity index is 1.96. The fourth-order valence-electron chi connectivity index (χ4n) is 3.27. The standard InChI is InChI=1S/C22H18N2O5S2/c1-13-9-15(3)20(10-14(13)2)31(27,28)24(21(25)16-5-4-8-23-12-16)17-6-7-18-19(11-17)30-22(26)29-18/h4-12H,1-3H3. The molecule has 0 aliphatic carbocycles. The molecule has 4 aromatic rings. The zero-order valence-electron chi connectivity index (χ0n) is 16.9. The molecule has 2 heterocycles. The van der Waals surface area contributed by atoms with Crippen molar-refractivity contribution in [1.82, 2.24) is 4.98 Å². The van der Waals surface area contributed by atoms with Gasteiger partial charge in [-0.15, -0.1) is 0 Å². The van der Waals surface area contributed by atoms with Crippen molar-refractivity contribution in [2.24, 2.45) is 0 Å². The first-order valence-electron chi connectivity index (χ1n) is 9.30. The highest BCUT2D eigenvalue weighted by Gasteiger charge is 2.33. The fraction of sp³-hybridized carbons (Fsp3) is 0.136. The molecule has 0 aliphatic heterocycles. The van der Waals surface area contributed by atoms with Crippen LogP contribution in [0.1, 0.15) is 27.0 Å². The molecule has 0 saturated carbocycles. The zero-order valence-corrected chi connectivity index (χ0v) is 18.6. The lowest BCUT2D eigenvalue weighted by molar-refractivity contribution is 0.100. The van der Waals surface area contributed by atoms with Crippen LogP contribution in [0.3, 0.4) is 0 Å². The van der Waals surface area contributed by atoms with E-state index < -0.39 is 20.9 Å². The first-order chi connectivity index (χ1) is 14.7. The number of aryl methyl sites for hydroxylation is 3. The summed E-state index contributed by atoms with van der Waals surface area (Å²) < 4.78 is 33.8. The molecule has 2 aromatic heterocycles. The van der Waals surface area contributed by atoms with Crippen LogP contribution in [0.25, 0.3) is 10.3 Å². The highest BCUT2D eigenvalue weighted by molar-refractivity contribution is 7.93. The van der Waals surface area contributed by atoms with Crippen molar-refractivity contribution in [2.75, 3.05) is 4.31 Å². The van der Waals surface area contributed by atoms with E-state index in [4.69, 9.17) is 4.42 Å². The van der Waals surface area contributed by atoms with E-state index in [1.54, 1.807) is 25.1 Å². The van der Waals surface area contributed by atoms with Crippen molar-refractivity contribution in [1.29, 1.82) is 0 Å². The third-order valence-corrected chi connectivity index (χ3v) is 7.59. The van der Waals surface area contributed by atoms with Crippen molar-refractivity contribution in [3.8, 4) is 0 Å². The van der Waals surface area contributed by atoms with E-state index in [0.29, 0.717) is 15.8 Å². The van der Waals surface area contributed by atoms with E-state index in [2.05, 4.69) is 4.98 Å². The lowest BCUT2D eigenvalue weighted by atomic mass is 10.1. The molecule has 0 fully saturated rings. The predicted octanol–water partition coefficient (Wildman–Crippen LogP) is 4.21. The Labute approximate surface area is 182 Å². The molecule has 0 atom stereocenters. The van der Waals surface area contributed by atoms with Crippen LogP contribution in [-0.4, -0.2) is 19.3 Å². The average molecular weight is 455 g/mol. The Morgan fingerprint density at radius 3 is 2.48 bits per heavy atom. The predicted molar refractivity (Wildman–Crippen MR) is 119 cm³/mol. The molecule has 31 heavy (non-hydrogen) atoms. The summed E-state index contributed by atoms with van der Waals surface area (Å²) in [7, 11) is -4.28. The summed E-state index contributed by atoms with van der Waals surface area (Å²) in [6.07, 6.45) is 2.81. The van der Waals surface area contributed by atoms with Crippen LogP contribution in [-0.2, 0) is 10.0 Å². The van der Waals surface area contributed by atoms with Crippen LogP contribution < -0.4 is 9.24 Å². The van der Waals surface area contributed by atoms with Crippen molar-refractivity contribution in [3.63, 3.8) is 0 Å². The first kappa shape index (κ1) is 21.0. The number of nitrogens with zero attached hydrogens (tertiary/aromatic N) is 2. The first-order valence-corrected chi connectivity index (χ1v) is 11.6. The lowest BCUT2D eigenvalue weighted by Crippen LogP contribution is -2.37. The summed E-state index contributed by atoms with van der Waals surface area (Å²) in [5.74, 6) is -0.749. The molecular weight excluding hydrogens is 436 g/mol. The molecular formula is C22H18N2O5S2. The summed E-state index contributed by atoms with van der Waals surface area (Å²) in [6, 6.07) is 10.8. The molecule has 1 amide bonds. The maximum Gasteiger partial charge on any atom is 0.396 e. The largest absolute Gasteiger partial charge is 0.414 e. The molecule has 0 unspecified atom stereocenters. The van der Waals surface area contributed by atoms with Gasteiger partial charge in [0.15, 0.2) is 0 Å². The number of anilines is 1. The molecule has 0 N–H and O–H groups in total. The molecule has 9 heteroatoms. The summed E-state index contributed by atoms with van der Waals surface area (Å²) in [6.45, 7) is 5.40. The number of rotatable bonds is 4. The summed E-state index contributed by atoms with van der Waals surface area (Å²) in [5.41, 5.74) is 2.82. The number of aromatic nitrogens is 1. The SMILES string of the molecule is Cc1cc(C)c(S(=O)(=O)N(C(=O)c2cccnc2)c2ccc3oc(=O)sc3c2)cc1C. The van der Waals surface area contributed by atoms with Crippen molar-refractivity contribution < 1.29 is 17.6 Å². The highest BCUT2D eigenvalue weighted by atomic mass is 32.2. The van der Waals surface area contributed by atoms with Gasteiger partial charge in [0.25, 0.3) is 15.9 Å². The Morgan fingerprint density at radius 1 is 1.03 bits per heavy atom. The molecule has 0 saturated heterocycles. The number of fused-ring (bicyclic) bond motifs is 1. The maximum atomic E-state index is 13.8. The number of pyridine rings is 1. The van der Waals surface area contributed by atoms with Gasteiger partial charge in [-0.25, -0.2) is 13.2 Å². The van der Waals surface area contributed by atoms with Crippen molar-refractivity contribution in [2.45, 2.75) is 25.7 Å². The van der Waals surface area contributed by atoms with Gasteiger partial charge in [0, 0.05) is 12.4 Å². The third kappa shape index (κ3) is 3.77. The molecule has 2 aromatic carbocycles. The summed E-state index contributed by atoms with van der Waals surface area (Å²) in [4.78, 5) is 28.5. The highest BCUT2D eigenvalue weighted by Crippen LogP contribution is 2.32. The van der Waals surface area contributed by atoms with Gasteiger partial charge in [0.05, 0.1) is 20.8 Å². The number of sulfonamides is 1. The van der Waals surface area contributed by atoms with E-state index >= 15 is 0 Å². The van der Waals surface area contributed by atoms with E-state index in [0.717, 1.165) is 26.8 Å². The minimum absolute atomic E-state index is 0.0355. The zero-order chi connectivity index (χ0) is 22.3. The molecule has 0 aliphatic rings.